The average Bonchev–Trinajstić information content (AvgIpc) is 3.77. The van der Waals surface area contributed by atoms with E-state index in [4.69, 9.17) is 23.9 Å². The number of aromatic nitrogens is 4. The highest BCUT2D eigenvalue weighted by Gasteiger charge is 2.39. The zero-order valence-corrected chi connectivity index (χ0v) is 35.1. The predicted molar refractivity (Wildman–Crippen MR) is 227 cm³/mol. The highest BCUT2D eigenvalue weighted by Crippen LogP contribution is 2.35. The number of unbranched alkanes of at least 4 members (excludes halogenated alkanes) is 5. The van der Waals surface area contributed by atoms with Crippen molar-refractivity contribution in [2.45, 2.75) is 82.7 Å². The van der Waals surface area contributed by atoms with Crippen molar-refractivity contribution >= 4 is 17.6 Å². The fraction of sp³-hybridized carbons (Fsp3) is 0.533. The van der Waals surface area contributed by atoms with E-state index in [0.717, 1.165) is 106 Å². The molecule has 3 N–H and O–H groups in total. The maximum absolute atomic E-state index is 13.5. The number of piperidine rings is 1. The Hall–Kier alpha value is -4.89. The molecule has 2 aromatic heterocycles. The van der Waals surface area contributed by atoms with Gasteiger partial charge in [0.05, 0.1) is 51.7 Å². The number of nitrogens with one attached hydrogen (secondary N) is 3. The second kappa shape index (κ2) is 24.9. The normalized spacial score (nSPS) is 14.4. The van der Waals surface area contributed by atoms with Gasteiger partial charge < -0.3 is 39.2 Å². The van der Waals surface area contributed by atoms with Crippen molar-refractivity contribution in [2.75, 3.05) is 78.8 Å². The van der Waals surface area contributed by atoms with Gasteiger partial charge in [-0.25, -0.2) is 4.98 Å². The predicted octanol–water partition coefficient (Wildman–Crippen LogP) is 7.11. The first-order valence-electron chi connectivity index (χ1n) is 21.1. The number of benzene rings is 2. The number of aromatic amines is 1. The first kappa shape index (κ1) is 45.2. The lowest BCUT2D eigenvalue weighted by atomic mass is 9.86. The van der Waals surface area contributed by atoms with Crippen molar-refractivity contribution in [3.05, 3.63) is 90.0 Å². The zero-order chi connectivity index (χ0) is 41.5. The Morgan fingerprint density at radius 3 is 2.14 bits per heavy atom. The van der Waals surface area contributed by atoms with Crippen molar-refractivity contribution in [3.8, 4) is 17.1 Å². The molecule has 14 nitrogen and oxygen atoms in total. The molecule has 59 heavy (non-hydrogen) atoms. The molecule has 1 amide bonds. The molecule has 5 rings (SSSR count). The van der Waals surface area contributed by atoms with Crippen molar-refractivity contribution in [3.63, 3.8) is 0 Å². The van der Waals surface area contributed by atoms with Gasteiger partial charge in [0.2, 0.25) is 0 Å². The van der Waals surface area contributed by atoms with E-state index < -0.39 is 5.54 Å². The summed E-state index contributed by atoms with van der Waals surface area (Å²) in [5.74, 6) is 1.93. The quantitative estimate of drug-likeness (QED) is 0.0414. The molecule has 0 unspecified atom stereocenters. The fourth-order valence-electron chi connectivity index (χ4n) is 6.90. The molecule has 4 aromatic rings. The number of anilines is 1. The monoisotopic (exact) mass is 813 g/mol. The molecule has 1 fully saturated rings. The van der Waals surface area contributed by atoms with Crippen LogP contribution in [0, 0.1) is 0 Å². The number of likely N-dealkylation sites (tertiary alicyclic amines) is 1. The van der Waals surface area contributed by atoms with E-state index in [1.165, 1.54) is 7.11 Å². The van der Waals surface area contributed by atoms with Gasteiger partial charge in [0.25, 0.3) is 5.91 Å². The molecule has 14 heteroatoms. The number of amides is 1. The molecule has 1 atom stereocenters. The third-order valence-electron chi connectivity index (χ3n) is 10.5. The minimum absolute atomic E-state index is 0.142. The Morgan fingerprint density at radius 2 is 1.46 bits per heavy atom. The number of methoxy groups -OCH3 is 1. The number of carbonyl (C=O) groups excluding carboxylic acids is 2. The number of nitrogens with zero attached hydrogens (tertiary/aromatic N) is 4. The Labute approximate surface area is 349 Å². The van der Waals surface area contributed by atoms with E-state index in [9.17, 15) is 9.59 Å². The lowest BCUT2D eigenvalue weighted by Crippen LogP contribution is -2.46. The van der Waals surface area contributed by atoms with Gasteiger partial charge in [-0.15, -0.1) is 0 Å². The first-order chi connectivity index (χ1) is 28.8. The van der Waals surface area contributed by atoms with Crippen LogP contribution in [0.4, 0.5) is 5.69 Å². The van der Waals surface area contributed by atoms with Gasteiger partial charge in [-0.1, -0.05) is 31.0 Å². The summed E-state index contributed by atoms with van der Waals surface area (Å²) in [6.45, 7) is 8.11. The standard InChI is InChI=1S/C45H63N7O7/c1-35(36-15-17-40(18-16-36)59-29-10-5-4-8-27-56-30-32-58-33-31-57-28-9-6-7-14-41(53)55-3)47-43(54)38-12-11-13-39(34-38)49-45(21-25-52(2)26-22-45)44-48-42(50-51-44)37-19-23-46-24-20-37/h11-13,15-20,23-24,34-35,49H,4-10,14,21-22,25-33H2,1-3H3,(H,47,54)(H,48,50,51)/t35-/m1/s1. The van der Waals surface area contributed by atoms with Gasteiger partial charge >= 0.3 is 5.97 Å². The third-order valence-corrected chi connectivity index (χ3v) is 10.5. The number of esters is 1. The summed E-state index contributed by atoms with van der Waals surface area (Å²) in [7, 11) is 3.54. The fourth-order valence-corrected chi connectivity index (χ4v) is 6.90. The second-order valence-corrected chi connectivity index (χ2v) is 15.1. The van der Waals surface area contributed by atoms with E-state index >= 15 is 0 Å². The van der Waals surface area contributed by atoms with Crippen LogP contribution in [0.1, 0.15) is 98.9 Å². The molecule has 1 aliphatic rings. The Kier molecular flexibility index (Phi) is 19.1. The second-order valence-electron chi connectivity index (χ2n) is 15.1. The molecule has 0 spiro atoms. The number of pyridine rings is 1. The number of H-pyrrole nitrogens is 1. The number of rotatable bonds is 27. The van der Waals surface area contributed by atoms with Crippen LogP contribution < -0.4 is 15.4 Å². The van der Waals surface area contributed by atoms with Gasteiger partial charge in [-0.3, -0.25) is 19.7 Å². The number of ether oxygens (including phenoxy) is 5. The highest BCUT2D eigenvalue weighted by molar-refractivity contribution is 5.95. The molecule has 3 heterocycles. The highest BCUT2D eigenvalue weighted by atomic mass is 16.5. The van der Waals surface area contributed by atoms with Crippen LogP contribution in [0.15, 0.2) is 73.1 Å². The number of carbonyl (C=O) groups is 2. The van der Waals surface area contributed by atoms with Crippen molar-refractivity contribution < 1.29 is 33.3 Å². The third kappa shape index (κ3) is 15.3. The molecule has 1 saturated heterocycles. The zero-order valence-electron chi connectivity index (χ0n) is 35.1. The van der Waals surface area contributed by atoms with E-state index in [0.29, 0.717) is 57.4 Å². The summed E-state index contributed by atoms with van der Waals surface area (Å²) in [5, 5.41) is 14.6. The molecule has 0 saturated carbocycles. The van der Waals surface area contributed by atoms with E-state index in [1.54, 1.807) is 12.4 Å². The van der Waals surface area contributed by atoms with E-state index in [1.807, 2.05) is 67.6 Å². The summed E-state index contributed by atoms with van der Waals surface area (Å²) in [6, 6.07) is 19.2. The molecular formula is C45H63N7O7. The lowest BCUT2D eigenvalue weighted by molar-refractivity contribution is -0.140. The van der Waals surface area contributed by atoms with Crippen molar-refractivity contribution in [2.24, 2.45) is 0 Å². The van der Waals surface area contributed by atoms with Crippen molar-refractivity contribution in [1.82, 2.24) is 30.4 Å². The van der Waals surface area contributed by atoms with E-state index in [2.05, 4.69) is 42.5 Å². The van der Waals surface area contributed by atoms with Crippen LogP contribution in [0.25, 0.3) is 11.4 Å². The SMILES string of the molecule is COC(=O)CCCCCOCCOCCOCCCCCCOc1ccc([C@@H](C)NC(=O)c2cccc(NC3(c4nc(-c5ccncc5)n[nH]4)CCN(C)CC3)c2)cc1. The first-order valence-corrected chi connectivity index (χ1v) is 21.1. The molecule has 0 radical (unpaired) electrons. The Balaban J connectivity index is 0.941. The average molecular weight is 814 g/mol. The summed E-state index contributed by atoms with van der Waals surface area (Å²) < 4.78 is 27.4. The Bertz CT molecular complexity index is 1800. The molecule has 0 bridgehead atoms. The summed E-state index contributed by atoms with van der Waals surface area (Å²) >= 11 is 0. The van der Waals surface area contributed by atoms with Gasteiger partial charge in [0.15, 0.2) is 11.6 Å². The van der Waals surface area contributed by atoms with Crippen LogP contribution in [-0.2, 0) is 29.3 Å². The van der Waals surface area contributed by atoms with Crippen molar-refractivity contribution in [1.29, 1.82) is 0 Å². The minimum atomic E-state index is -0.461. The van der Waals surface area contributed by atoms with Crippen LogP contribution >= 0.6 is 0 Å². The van der Waals surface area contributed by atoms with Crippen LogP contribution in [-0.4, -0.2) is 110 Å². The topological polar surface area (TPSA) is 162 Å². The van der Waals surface area contributed by atoms with Gasteiger partial charge in [0.1, 0.15) is 5.75 Å². The summed E-state index contributed by atoms with van der Waals surface area (Å²) in [4.78, 5) is 35.9. The molecule has 2 aromatic carbocycles. The molecule has 1 aliphatic heterocycles. The largest absolute Gasteiger partial charge is 0.494 e. The van der Waals surface area contributed by atoms with E-state index in [-0.39, 0.29) is 17.9 Å². The summed E-state index contributed by atoms with van der Waals surface area (Å²) in [5.41, 5.74) is 2.87. The minimum Gasteiger partial charge on any atom is -0.494 e. The molecule has 320 valence electrons. The maximum Gasteiger partial charge on any atom is 0.305 e. The molecular weight excluding hydrogens is 751 g/mol. The Morgan fingerprint density at radius 1 is 0.814 bits per heavy atom. The number of hydrogen-bond acceptors (Lipinski definition) is 12. The molecule has 0 aliphatic carbocycles. The van der Waals surface area contributed by atoms with Crippen LogP contribution in [0.2, 0.25) is 0 Å². The van der Waals surface area contributed by atoms with Crippen LogP contribution in [0.5, 0.6) is 5.75 Å². The number of hydrogen-bond donors (Lipinski definition) is 3. The van der Waals surface area contributed by atoms with Gasteiger partial charge in [0, 0.05) is 61.9 Å². The summed E-state index contributed by atoms with van der Waals surface area (Å²) in [6.07, 6.45) is 12.5. The van der Waals surface area contributed by atoms with Gasteiger partial charge in [-0.2, -0.15) is 5.10 Å². The van der Waals surface area contributed by atoms with Crippen LogP contribution in [0.3, 0.4) is 0 Å². The smallest absolute Gasteiger partial charge is 0.305 e. The maximum atomic E-state index is 13.5. The van der Waals surface area contributed by atoms with Gasteiger partial charge in [-0.05, 0) is 107 Å². The lowest BCUT2D eigenvalue weighted by Gasteiger charge is -2.40.